The van der Waals surface area contributed by atoms with Gasteiger partial charge in [-0.25, -0.2) is 4.68 Å². The Morgan fingerprint density at radius 3 is 2.46 bits per heavy atom. The number of aliphatic carboxylic acids is 1. The van der Waals surface area contributed by atoms with Crippen LogP contribution in [-0.2, 0) is 16.1 Å². The van der Waals surface area contributed by atoms with Gasteiger partial charge in [0.25, 0.3) is 11.1 Å². The second kappa shape index (κ2) is 8.86. The minimum atomic E-state index is -0.887. The zero-order valence-corrected chi connectivity index (χ0v) is 15.6. The number of carboxylic acids is 1. The molecule has 0 aliphatic heterocycles. The molecule has 1 aliphatic carbocycles. The molecule has 3 N–H and O–H groups in total. The van der Waals surface area contributed by atoms with Gasteiger partial charge in [0.2, 0.25) is 5.91 Å². The Labute approximate surface area is 161 Å². The standard InChI is InChI=1S/C20H25N3O5/c24-17(21-16-10-4-2-1-3-9-15(16)20(27)28)11-12-23-19(26)14-8-6-5-7-13(14)18(25)22-23/h5-8,15-16H,1-4,9-12H2,(H,21,24)(H,22,25)(H,27,28). The average molecular weight is 387 g/mol. The molecule has 28 heavy (non-hydrogen) atoms. The van der Waals surface area contributed by atoms with Crippen LogP contribution in [0.3, 0.4) is 0 Å². The van der Waals surface area contributed by atoms with Crippen molar-refractivity contribution in [2.75, 3.05) is 0 Å². The summed E-state index contributed by atoms with van der Waals surface area (Å²) >= 11 is 0. The molecule has 1 aromatic carbocycles. The van der Waals surface area contributed by atoms with Crippen molar-refractivity contribution in [2.45, 2.75) is 57.5 Å². The van der Waals surface area contributed by atoms with Crippen LogP contribution in [0.15, 0.2) is 33.9 Å². The van der Waals surface area contributed by atoms with E-state index in [4.69, 9.17) is 0 Å². The number of carbonyl (C=O) groups is 2. The van der Waals surface area contributed by atoms with Gasteiger partial charge in [-0.15, -0.1) is 0 Å². The Hall–Kier alpha value is -2.90. The highest BCUT2D eigenvalue weighted by Gasteiger charge is 2.29. The van der Waals surface area contributed by atoms with Crippen LogP contribution in [0.5, 0.6) is 0 Å². The molecule has 150 valence electrons. The molecule has 2 unspecified atom stereocenters. The highest BCUT2D eigenvalue weighted by Crippen LogP contribution is 2.23. The molecule has 1 saturated carbocycles. The average Bonchev–Trinajstić information content (AvgIpc) is 2.65. The smallest absolute Gasteiger partial charge is 0.308 e. The highest BCUT2D eigenvalue weighted by atomic mass is 16.4. The van der Waals surface area contributed by atoms with Crippen LogP contribution in [0.2, 0.25) is 0 Å². The number of amides is 1. The number of nitrogens with one attached hydrogen (secondary N) is 2. The molecule has 2 aromatic rings. The molecular weight excluding hydrogens is 362 g/mol. The van der Waals surface area contributed by atoms with Gasteiger partial charge in [0.15, 0.2) is 0 Å². The first-order chi connectivity index (χ1) is 13.5. The zero-order chi connectivity index (χ0) is 20.1. The Morgan fingerprint density at radius 1 is 1.07 bits per heavy atom. The predicted octanol–water partition coefficient (Wildman–Crippen LogP) is 1.62. The fourth-order valence-corrected chi connectivity index (χ4v) is 3.85. The van der Waals surface area contributed by atoms with E-state index in [9.17, 15) is 24.3 Å². The first-order valence-corrected chi connectivity index (χ1v) is 9.71. The molecule has 1 aliphatic rings. The third kappa shape index (κ3) is 4.49. The second-order valence-electron chi connectivity index (χ2n) is 7.30. The summed E-state index contributed by atoms with van der Waals surface area (Å²) in [5.41, 5.74) is -0.751. The number of nitrogens with zero attached hydrogens (tertiary/aromatic N) is 1. The number of aryl methyl sites for hydroxylation is 1. The number of carboxylic acid groups (broad SMARTS) is 1. The minimum Gasteiger partial charge on any atom is -0.481 e. The van der Waals surface area contributed by atoms with E-state index in [1.54, 1.807) is 24.3 Å². The van der Waals surface area contributed by atoms with E-state index in [-0.39, 0.29) is 30.0 Å². The molecule has 8 nitrogen and oxygen atoms in total. The normalized spacial score (nSPS) is 20.3. The molecule has 1 amide bonds. The third-order valence-electron chi connectivity index (χ3n) is 5.38. The number of carbonyl (C=O) groups excluding carboxylic acids is 1. The first kappa shape index (κ1) is 19.9. The number of benzene rings is 1. The topological polar surface area (TPSA) is 121 Å². The summed E-state index contributed by atoms with van der Waals surface area (Å²) in [5, 5.41) is 15.4. The largest absolute Gasteiger partial charge is 0.481 e. The van der Waals surface area contributed by atoms with Crippen molar-refractivity contribution >= 4 is 22.6 Å². The van der Waals surface area contributed by atoms with E-state index in [1.165, 1.54) is 0 Å². The van der Waals surface area contributed by atoms with Gasteiger partial charge in [-0.3, -0.25) is 24.3 Å². The van der Waals surface area contributed by atoms with Crippen LogP contribution < -0.4 is 16.4 Å². The van der Waals surface area contributed by atoms with Crippen molar-refractivity contribution in [3.8, 4) is 0 Å². The van der Waals surface area contributed by atoms with Crippen molar-refractivity contribution in [3.05, 3.63) is 45.0 Å². The maximum atomic E-state index is 12.5. The van der Waals surface area contributed by atoms with Crippen molar-refractivity contribution in [3.63, 3.8) is 0 Å². The molecule has 3 rings (SSSR count). The number of fused-ring (bicyclic) bond motifs is 1. The second-order valence-corrected chi connectivity index (χ2v) is 7.30. The lowest BCUT2D eigenvalue weighted by molar-refractivity contribution is -0.143. The van der Waals surface area contributed by atoms with Gasteiger partial charge >= 0.3 is 5.97 Å². The van der Waals surface area contributed by atoms with Crippen LogP contribution in [0.25, 0.3) is 10.8 Å². The quantitative estimate of drug-likeness (QED) is 0.720. The van der Waals surface area contributed by atoms with Crippen molar-refractivity contribution in [1.29, 1.82) is 0 Å². The summed E-state index contributed by atoms with van der Waals surface area (Å²) in [6.07, 6.45) is 4.95. The van der Waals surface area contributed by atoms with Gasteiger partial charge in [0.05, 0.1) is 23.2 Å². The molecule has 0 bridgehead atoms. The Kier molecular flexibility index (Phi) is 6.28. The van der Waals surface area contributed by atoms with Crippen LogP contribution in [0.4, 0.5) is 0 Å². The van der Waals surface area contributed by atoms with E-state index in [0.29, 0.717) is 23.6 Å². The predicted molar refractivity (Wildman–Crippen MR) is 104 cm³/mol. The zero-order valence-electron chi connectivity index (χ0n) is 15.6. The summed E-state index contributed by atoms with van der Waals surface area (Å²) in [5.74, 6) is -1.80. The minimum absolute atomic E-state index is 0.0168. The van der Waals surface area contributed by atoms with Crippen LogP contribution in [-0.4, -0.2) is 32.8 Å². The number of hydrogen-bond acceptors (Lipinski definition) is 4. The van der Waals surface area contributed by atoms with E-state index >= 15 is 0 Å². The molecular formula is C20H25N3O5. The van der Waals surface area contributed by atoms with Gasteiger partial charge in [-0.05, 0) is 25.0 Å². The molecule has 1 fully saturated rings. The Balaban J connectivity index is 1.69. The summed E-state index contributed by atoms with van der Waals surface area (Å²) in [7, 11) is 0. The summed E-state index contributed by atoms with van der Waals surface area (Å²) < 4.78 is 1.14. The van der Waals surface area contributed by atoms with Gasteiger partial charge in [0, 0.05) is 12.5 Å². The fraction of sp³-hybridized carbons (Fsp3) is 0.500. The lowest BCUT2D eigenvalue weighted by Gasteiger charge is -2.27. The SMILES string of the molecule is O=C(CCn1[nH]c(=O)c2ccccc2c1=O)NC1CCCCCCC1C(=O)O. The van der Waals surface area contributed by atoms with E-state index in [0.717, 1.165) is 30.4 Å². The summed E-state index contributed by atoms with van der Waals surface area (Å²) in [6, 6.07) is 6.12. The van der Waals surface area contributed by atoms with Crippen LogP contribution in [0, 0.1) is 5.92 Å². The van der Waals surface area contributed by atoms with Crippen molar-refractivity contribution in [1.82, 2.24) is 15.1 Å². The molecule has 0 radical (unpaired) electrons. The van der Waals surface area contributed by atoms with Crippen molar-refractivity contribution < 1.29 is 14.7 Å². The highest BCUT2D eigenvalue weighted by molar-refractivity contribution is 5.80. The van der Waals surface area contributed by atoms with Crippen LogP contribution >= 0.6 is 0 Å². The van der Waals surface area contributed by atoms with E-state index < -0.39 is 17.9 Å². The number of aromatic nitrogens is 2. The monoisotopic (exact) mass is 387 g/mol. The number of aromatic amines is 1. The molecule has 2 atom stereocenters. The maximum Gasteiger partial charge on any atom is 0.308 e. The number of rotatable bonds is 5. The lowest BCUT2D eigenvalue weighted by Crippen LogP contribution is -2.44. The Morgan fingerprint density at radius 2 is 1.75 bits per heavy atom. The molecule has 8 heteroatoms. The van der Waals surface area contributed by atoms with Crippen LogP contribution in [0.1, 0.15) is 44.9 Å². The van der Waals surface area contributed by atoms with Crippen molar-refractivity contribution in [2.24, 2.45) is 5.92 Å². The third-order valence-corrected chi connectivity index (χ3v) is 5.38. The molecule has 0 saturated heterocycles. The summed E-state index contributed by atoms with van der Waals surface area (Å²) in [4.78, 5) is 48.6. The number of hydrogen-bond donors (Lipinski definition) is 3. The maximum absolute atomic E-state index is 12.5. The molecule has 0 spiro atoms. The van der Waals surface area contributed by atoms with Gasteiger partial charge in [-0.1, -0.05) is 37.8 Å². The lowest BCUT2D eigenvalue weighted by atomic mass is 9.86. The van der Waals surface area contributed by atoms with Gasteiger partial charge in [0.1, 0.15) is 0 Å². The fourth-order valence-electron chi connectivity index (χ4n) is 3.85. The van der Waals surface area contributed by atoms with E-state index in [1.807, 2.05) is 0 Å². The molecule has 1 heterocycles. The summed E-state index contributed by atoms with van der Waals surface area (Å²) in [6.45, 7) is 0.0230. The Bertz CT molecular complexity index is 978. The van der Waals surface area contributed by atoms with Gasteiger partial charge in [-0.2, -0.15) is 0 Å². The van der Waals surface area contributed by atoms with E-state index in [2.05, 4.69) is 10.4 Å². The first-order valence-electron chi connectivity index (χ1n) is 9.71. The van der Waals surface area contributed by atoms with Gasteiger partial charge < -0.3 is 10.4 Å². The number of H-pyrrole nitrogens is 1. The molecule has 1 aromatic heterocycles.